The van der Waals surface area contributed by atoms with Crippen molar-refractivity contribution in [1.82, 2.24) is 14.8 Å². The van der Waals surface area contributed by atoms with Crippen LogP contribution in [0.3, 0.4) is 0 Å². The molecule has 5 heteroatoms. The Kier molecular flexibility index (Phi) is 2.35. The van der Waals surface area contributed by atoms with Gasteiger partial charge in [0.1, 0.15) is 0 Å². The summed E-state index contributed by atoms with van der Waals surface area (Å²) in [7, 11) is 0. The van der Waals surface area contributed by atoms with E-state index in [9.17, 15) is 4.79 Å². The Morgan fingerprint density at radius 3 is 2.81 bits per heavy atom. The largest absolute Gasteiger partial charge is 0.382 e. The van der Waals surface area contributed by atoms with Gasteiger partial charge in [0, 0.05) is 22.5 Å². The predicted molar refractivity (Wildman–Crippen MR) is 82.2 cm³/mol. The normalized spacial score (nSPS) is 11.2. The quantitative estimate of drug-likeness (QED) is 0.561. The Hall–Kier alpha value is -3.08. The molecule has 4 rings (SSSR count). The highest BCUT2D eigenvalue weighted by atomic mass is 16.2. The number of anilines is 1. The summed E-state index contributed by atoms with van der Waals surface area (Å²) in [5.41, 5.74) is 8.13. The minimum absolute atomic E-state index is 0.187. The van der Waals surface area contributed by atoms with Crippen molar-refractivity contribution < 1.29 is 4.79 Å². The van der Waals surface area contributed by atoms with Crippen molar-refractivity contribution in [3.05, 3.63) is 60.3 Å². The van der Waals surface area contributed by atoms with Crippen LogP contribution in [-0.4, -0.2) is 20.7 Å². The van der Waals surface area contributed by atoms with Gasteiger partial charge in [-0.2, -0.15) is 4.68 Å². The molecule has 3 N–H and O–H groups in total. The van der Waals surface area contributed by atoms with E-state index in [1.54, 1.807) is 6.07 Å². The maximum atomic E-state index is 12.8. The number of hydrogen-bond donors (Lipinski definition) is 2. The summed E-state index contributed by atoms with van der Waals surface area (Å²) in [6.07, 6.45) is 1.82. The first-order chi connectivity index (χ1) is 10.3. The molecule has 0 spiro atoms. The molecule has 102 valence electrons. The third-order valence-electron chi connectivity index (χ3n) is 3.63. The topological polar surface area (TPSA) is 76.7 Å². The summed E-state index contributed by atoms with van der Waals surface area (Å²) in [4.78, 5) is 15.9. The molecule has 0 saturated heterocycles. The minimum atomic E-state index is -0.187. The number of hydrogen-bond acceptors (Lipinski definition) is 3. The number of carbonyl (C=O) groups is 1. The summed E-state index contributed by atoms with van der Waals surface area (Å²) >= 11 is 0. The molecular formula is C16H12N4O. The van der Waals surface area contributed by atoms with Crippen molar-refractivity contribution in [3.8, 4) is 0 Å². The van der Waals surface area contributed by atoms with Crippen LogP contribution in [0.25, 0.3) is 21.8 Å². The average Bonchev–Trinajstić information content (AvgIpc) is 3.11. The van der Waals surface area contributed by atoms with E-state index in [0.29, 0.717) is 16.9 Å². The van der Waals surface area contributed by atoms with Crippen molar-refractivity contribution >= 4 is 33.5 Å². The van der Waals surface area contributed by atoms with Crippen LogP contribution in [0.2, 0.25) is 0 Å². The first kappa shape index (κ1) is 11.7. The molecule has 4 aromatic rings. The van der Waals surface area contributed by atoms with E-state index in [2.05, 4.69) is 10.1 Å². The van der Waals surface area contributed by atoms with Gasteiger partial charge in [0.05, 0.1) is 11.1 Å². The number of carbonyl (C=O) groups excluding carboxylic acids is 1. The van der Waals surface area contributed by atoms with Gasteiger partial charge in [-0.1, -0.05) is 18.2 Å². The molecule has 0 saturated carbocycles. The van der Waals surface area contributed by atoms with Gasteiger partial charge in [-0.25, -0.2) is 0 Å². The van der Waals surface area contributed by atoms with Crippen LogP contribution >= 0.6 is 0 Å². The van der Waals surface area contributed by atoms with Crippen molar-refractivity contribution in [3.63, 3.8) is 0 Å². The fourth-order valence-electron chi connectivity index (χ4n) is 2.63. The monoisotopic (exact) mass is 276 g/mol. The Labute approximate surface area is 120 Å². The van der Waals surface area contributed by atoms with E-state index < -0.39 is 0 Å². The predicted octanol–water partition coefficient (Wildman–Crippen LogP) is 2.79. The van der Waals surface area contributed by atoms with Crippen LogP contribution in [0, 0.1) is 0 Å². The Morgan fingerprint density at radius 1 is 1.05 bits per heavy atom. The molecule has 0 atom stereocenters. The minimum Gasteiger partial charge on any atom is -0.382 e. The van der Waals surface area contributed by atoms with Crippen LogP contribution in [-0.2, 0) is 0 Å². The molecule has 2 heterocycles. The highest BCUT2D eigenvalue weighted by molar-refractivity contribution is 6.10. The van der Waals surface area contributed by atoms with E-state index >= 15 is 0 Å². The van der Waals surface area contributed by atoms with E-state index in [1.807, 2.05) is 48.7 Å². The van der Waals surface area contributed by atoms with Gasteiger partial charge in [-0.05, 0) is 30.3 Å². The second-order valence-electron chi connectivity index (χ2n) is 4.86. The van der Waals surface area contributed by atoms with Gasteiger partial charge in [-0.15, -0.1) is 5.10 Å². The molecule has 2 aromatic heterocycles. The van der Waals surface area contributed by atoms with Crippen LogP contribution in [0.15, 0.2) is 54.7 Å². The second kappa shape index (κ2) is 4.21. The van der Waals surface area contributed by atoms with Crippen LogP contribution in [0.4, 0.5) is 5.82 Å². The molecule has 0 aliphatic carbocycles. The standard InChI is InChI=1S/C16H12N4O/c17-15-12-4-1-2-7-14(12)20(19-15)16(21)11-5-3-6-13-10(11)8-9-18-13/h1-9,18H,(H2,17,19). The number of nitrogen functional groups attached to an aromatic ring is 1. The lowest BCUT2D eigenvalue weighted by molar-refractivity contribution is 0.0952. The number of aromatic amines is 1. The SMILES string of the molecule is Nc1nn(C(=O)c2cccc3[nH]ccc23)c2ccccc12. The third kappa shape index (κ3) is 1.64. The lowest BCUT2D eigenvalue weighted by atomic mass is 10.1. The van der Waals surface area contributed by atoms with Gasteiger partial charge in [0.15, 0.2) is 5.82 Å². The van der Waals surface area contributed by atoms with E-state index in [-0.39, 0.29) is 5.91 Å². The average molecular weight is 276 g/mol. The van der Waals surface area contributed by atoms with Crippen molar-refractivity contribution in [1.29, 1.82) is 0 Å². The Morgan fingerprint density at radius 2 is 1.90 bits per heavy atom. The molecule has 21 heavy (non-hydrogen) atoms. The lowest BCUT2D eigenvalue weighted by Gasteiger charge is -2.04. The van der Waals surface area contributed by atoms with Gasteiger partial charge in [-0.3, -0.25) is 4.79 Å². The number of nitrogens with two attached hydrogens (primary N) is 1. The van der Waals surface area contributed by atoms with Gasteiger partial charge in [0.2, 0.25) is 0 Å². The number of para-hydroxylation sites is 1. The van der Waals surface area contributed by atoms with Crippen LogP contribution in [0.5, 0.6) is 0 Å². The number of H-pyrrole nitrogens is 1. The second-order valence-corrected chi connectivity index (χ2v) is 4.86. The summed E-state index contributed by atoms with van der Waals surface area (Å²) in [5, 5.41) is 5.85. The number of nitrogens with zero attached hydrogens (tertiary/aromatic N) is 2. The molecule has 0 fully saturated rings. The summed E-state index contributed by atoms with van der Waals surface area (Å²) in [5.74, 6) is 0.174. The summed E-state index contributed by atoms with van der Waals surface area (Å²) in [6, 6.07) is 14.9. The number of nitrogens with one attached hydrogen (secondary N) is 1. The molecule has 2 aromatic carbocycles. The first-order valence-corrected chi connectivity index (χ1v) is 6.60. The third-order valence-corrected chi connectivity index (χ3v) is 3.63. The molecule has 0 amide bonds. The fraction of sp³-hybridized carbons (Fsp3) is 0. The molecular weight excluding hydrogens is 264 g/mol. The first-order valence-electron chi connectivity index (χ1n) is 6.60. The van der Waals surface area contributed by atoms with Crippen molar-refractivity contribution in [2.75, 3.05) is 5.73 Å². The zero-order valence-electron chi connectivity index (χ0n) is 11.1. The number of benzene rings is 2. The van der Waals surface area contributed by atoms with E-state index in [0.717, 1.165) is 16.3 Å². The number of rotatable bonds is 1. The highest BCUT2D eigenvalue weighted by Gasteiger charge is 2.17. The molecule has 0 aliphatic heterocycles. The Bertz CT molecular complexity index is 980. The van der Waals surface area contributed by atoms with E-state index in [1.165, 1.54) is 4.68 Å². The summed E-state index contributed by atoms with van der Waals surface area (Å²) < 4.78 is 1.37. The van der Waals surface area contributed by atoms with Gasteiger partial charge in [0.25, 0.3) is 5.91 Å². The highest BCUT2D eigenvalue weighted by Crippen LogP contribution is 2.23. The summed E-state index contributed by atoms with van der Waals surface area (Å²) in [6.45, 7) is 0. The Balaban J connectivity index is 1.97. The maximum absolute atomic E-state index is 12.8. The zero-order chi connectivity index (χ0) is 14.4. The van der Waals surface area contributed by atoms with Gasteiger partial charge >= 0.3 is 0 Å². The molecule has 0 bridgehead atoms. The smallest absolute Gasteiger partial charge is 0.279 e. The fourth-order valence-corrected chi connectivity index (χ4v) is 2.63. The number of aromatic nitrogens is 3. The van der Waals surface area contributed by atoms with Gasteiger partial charge < -0.3 is 10.7 Å². The molecule has 0 unspecified atom stereocenters. The molecule has 5 nitrogen and oxygen atoms in total. The number of fused-ring (bicyclic) bond motifs is 2. The van der Waals surface area contributed by atoms with Crippen LogP contribution in [0.1, 0.15) is 10.4 Å². The van der Waals surface area contributed by atoms with Crippen molar-refractivity contribution in [2.45, 2.75) is 0 Å². The van der Waals surface area contributed by atoms with Crippen LogP contribution < -0.4 is 5.73 Å². The maximum Gasteiger partial charge on any atom is 0.279 e. The lowest BCUT2D eigenvalue weighted by Crippen LogP contribution is -2.14. The zero-order valence-corrected chi connectivity index (χ0v) is 11.1. The van der Waals surface area contributed by atoms with E-state index in [4.69, 9.17) is 5.73 Å². The van der Waals surface area contributed by atoms with Crippen molar-refractivity contribution in [2.24, 2.45) is 0 Å². The molecule has 0 radical (unpaired) electrons. The molecule has 0 aliphatic rings.